The third-order valence-corrected chi connectivity index (χ3v) is 3.59. The quantitative estimate of drug-likeness (QED) is 0.847. The van der Waals surface area contributed by atoms with Crippen molar-refractivity contribution in [3.05, 3.63) is 21.9 Å². The zero-order valence-electron chi connectivity index (χ0n) is 8.34. The van der Waals surface area contributed by atoms with Gasteiger partial charge in [-0.25, -0.2) is 9.99 Å². The highest BCUT2D eigenvalue weighted by Crippen LogP contribution is 2.23. The number of anilines is 1. The Morgan fingerprint density at radius 3 is 2.73 bits per heavy atom. The van der Waals surface area contributed by atoms with Crippen molar-refractivity contribution >= 4 is 33.2 Å². The van der Waals surface area contributed by atoms with Gasteiger partial charge in [0.15, 0.2) is 0 Å². The highest BCUT2D eigenvalue weighted by molar-refractivity contribution is 9.10. The standard InChI is InChI=1S/C10H13BrClN3/c11-10-9(12)6-8(7-13-10)14-15-4-2-1-3-5-15/h6-7,14H,1-5H2. The fourth-order valence-corrected chi connectivity index (χ4v) is 2.05. The second-order valence-electron chi connectivity index (χ2n) is 3.66. The Kier molecular flexibility index (Phi) is 3.83. The molecule has 1 aromatic rings. The second kappa shape index (κ2) is 5.14. The monoisotopic (exact) mass is 289 g/mol. The third-order valence-electron chi connectivity index (χ3n) is 2.44. The zero-order valence-corrected chi connectivity index (χ0v) is 10.7. The van der Waals surface area contributed by atoms with Crippen LogP contribution in [0.4, 0.5) is 5.69 Å². The first kappa shape index (κ1) is 11.2. The molecule has 0 unspecified atom stereocenters. The Balaban J connectivity index is 2.00. The van der Waals surface area contributed by atoms with E-state index < -0.39 is 0 Å². The van der Waals surface area contributed by atoms with E-state index in [0.717, 1.165) is 18.8 Å². The van der Waals surface area contributed by atoms with Gasteiger partial charge in [-0.05, 0) is 34.8 Å². The summed E-state index contributed by atoms with van der Waals surface area (Å²) in [6.07, 6.45) is 5.62. The van der Waals surface area contributed by atoms with Crippen LogP contribution < -0.4 is 5.43 Å². The molecule has 1 N–H and O–H groups in total. The van der Waals surface area contributed by atoms with Crippen molar-refractivity contribution in [2.75, 3.05) is 18.5 Å². The minimum Gasteiger partial charge on any atom is -0.317 e. The molecule has 0 radical (unpaired) electrons. The SMILES string of the molecule is Clc1cc(NN2CCCCC2)cnc1Br. The van der Waals surface area contributed by atoms with Crippen molar-refractivity contribution in [1.29, 1.82) is 0 Å². The third kappa shape index (κ3) is 3.06. The van der Waals surface area contributed by atoms with Crippen LogP contribution >= 0.6 is 27.5 Å². The lowest BCUT2D eigenvalue weighted by Gasteiger charge is -2.27. The van der Waals surface area contributed by atoms with E-state index in [1.54, 1.807) is 6.20 Å². The number of nitrogens with one attached hydrogen (secondary N) is 1. The van der Waals surface area contributed by atoms with Gasteiger partial charge in [0.1, 0.15) is 4.60 Å². The van der Waals surface area contributed by atoms with Gasteiger partial charge in [-0.15, -0.1) is 0 Å². The van der Waals surface area contributed by atoms with E-state index in [1.165, 1.54) is 19.3 Å². The van der Waals surface area contributed by atoms with E-state index in [4.69, 9.17) is 11.6 Å². The Hall–Kier alpha value is -0.320. The first-order valence-corrected chi connectivity index (χ1v) is 6.25. The molecule has 1 aromatic heterocycles. The summed E-state index contributed by atoms with van der Waals surface area (Å²) in [5.74, 6) is 0. The average molecular weight is 291 g/mol. The number of piperidine rings is 1. The predicted molar refractivity (Wildman–Crippen MR) is 66.0 cm³/mol. The molecule has 0 saturated carbocycles. The van der Waals surface area contributed by atoms with Gasteiger partial charge < -0.3 is 5.43 Å². The molecule has 1 fully saturated rings. The first-order valence-electron chi connectivity index (χ1n) is 5.08. The molecule has 0 atom stereocenters. The molecule has 0 bridgehead atoms. The second-order valence-corrected chi connectivity index (χ2v) is 4.81. The Morgan fingerprint density at radius 1 is 1.33 bits per heavy atom. The molecule has 0 spiro atoms. The lowest BCUT2D eigenvalue weighted by molar-refractivity contribution is 0.273. The zero-order chi connectivity index (χ0) is 10.7. The lowest BCUT2D eigenvalue weighted by atomic mass is 10.2. The molecule has 0 aliphatic carbocycles. The molecule has 3 nitrogen and oxygen atoms in total. The van der Waals surface area contributed by atoms with Crippen molar-refractivity contribution in [2.45, 2.75) is 19.3 Å². The van der Waals surface area contributed by atoms with Crippen LogP contribution in [0.2, 0.25) is 5.02 Å². The van der Waals surface area contributed by atoms with Gasteiger partial charge in [0, 0.05) is 13.1 Å². The summed E-state index contributed by atoms with van der Waals surface area (Å²) in [4.78, 5) is 4.14. The molecule has 5 heteroatoms. The number of nitrogens with zero attached hydrogens (tertiary/aromatic N) is 2. The van der Waals surface area contributed by atoms with E-state index in [2.05, 4.69) is 31.3 Å². The van der Waals surface area contributed by atoms with Gasteiger partial charge in [0.2, 0.25) is 0 Å². The van der Waals surface area contributed by atoms with Gasteiger partial charge in [-0.2, -0.15) is 0 Å². The Labute approximate surface area is 103 Å². The summed E-state index contributed by atoms with van der Waals surface area (Å²) in [7, 11) is 0. The average Bonchev–Trinajstić information content (AvgIpc) is 2.25. The van der Waals surface area contributed by atoms with Crippen LogP contribution in [0.25, 0.3) is 0 Å². The molecule has 1 aliphatic rings. The van der Waals surface area contributed by atoms with E-state index in [-0.39, 0.29) is 0 Å². The minimum absolute atomic E-state index is 0.636. The van der Waals surface area contributed by atoms with Crippen molar-refractivity contribution < 1.29 is 0 Å². The number of aromatic nitrogens is 1. The number of rotatable bonds is 2. The molecule has 15 heavy (non-hydrogen) atoms. The molecule has 1 aliphatic heterocycles. The fraction of sp³-hybridized carbons (Fsp3) is 0.500. The van der Waals surface area contributed by atoms with Gasteiger partial charge in [-0.3, -0.25) is 0 Å². The van der Waals surface area contributed by atoms with Crippen molar-refractivity contribution in [3.8, 4) is 0 Å². The number of pyridine rings is 1. The predicted octanol–water partition coefficient (Wildman–Crippen LogP) is 3.31. The van der Waals surface area contributed by atoms with Crippen LogP contribution in [0.15, 0.2) is 16.9 Å². The maximum Gasteiger partial charge on any atom is 0.124 e. The summed E-state index contributed by atoms with van der Waals surface area (Å²) in [5.41, 5.74) is 4.26. The normalized spacial score (nSPS) is 17.7. The van der Waals surface area contributed by atoms with Crippen LogP contribution in [0.1, 0.15) is 19.3 Å². The first-order chi connectivity index (χ1) is 7.25. The van der Waals surface area contributed by atoms with Crippen LogP contribution in [0.3, 0.4) is 0 Å². The summed E-state index contributed by atoms with van der Waals surface area (Å²) in [5, 5.41) is 2.85. The Bertz CT molecular complexity index is 339. The fourth-order valence-electron chi connectivity index (χ4n) is 1.67. The molecule has 2 rings (SSSR count). The highest BCUT2D eigenvalue weighted by Gasteiger charge is 2.10. The van der Waals surface area contributed by atoms with Gasteiger partial charge in [0.05, 0.1) is 16.9 Å². The molecule has 0 aromatic carbocycles. The number of halogens is 2. The maximum absolute atomic E-state index is 5.96. The minimum atomic E-state index is 0.636. The van der Waals surface area contributed by atoms with E-state index in [9.17, 15) is 0 Å². The van der Waals surface area contributed by atoms with Crippen LogP contribution in [-0.4, -0.2) is 23.1 Å². The smallest absolute Gasteiger partial charge is 0.124 e. The summed E-state index contributed by atoms with van der Waals surface area (Å²) in [6, 6.07) is 1.88. The topological polar surface area (TPSA) is 28.2 Å². The molecule has 0 amide bonds. The van der Waals surface area contributed by atoms with Crippen LogP contribution in [0, 0.1) is 0 Å². The van der Waals surface area contributed by atoms with Gasteiger partial charge in [0.25, 0.3) is 0 Å². The summed E-state index contributed by atoms with van der Waals surface area (Å²) >= 11 is 9.23. The molecule has 1 saturated heterocycles. The van der Waals surface area contributed by atoms with Crippen molar-refractivity contribution in [2.24, 2.45) is 0 Å². The molecule has 82 valence electrons. The van der Waals surface area contributed by atoms with Crippen molar-refractivity contribution in [3.63, 3.8) is 0 Å². The highest BCUT2D eigenvalue weighted by atomic mass is 79.9. The molecule has 2 heterocycles. The van der Waals surface area contributed by atoms with Gasteiger partial charge in [-0.1, -0.05) is 18.0 Å². The van der Waals surface area contributed by atoms with Crippen LogP contribution in [0.5, 0.6) is 0 Å². The summed E-state index contributed by atoms with van der Waals surface area (Å²) in [6.45, 7) is 2.18. The lowest BCUT2D eigenvalue weighted by Crippen LogP contribution is -2.34. The largest absolute Gasteiger partial charge is 0.317 e. The number of hydrogen-bond acceptors (Lipinski definition) is 3. The van der Waals surface area contributed by atoms with Crippen LogP contribution in [-0.2, 0) is 0 Å². The van der Waals surface area contributed by atoms with Gasteiger partial charge >= 0.3 is 0 Å². The molecular weight excluding hydrogens is 277 g/mol. The van der Waals surface area contributed by atoms with Crippen molar-refractivity contribution in [1.82, 2.24) is 9.99 Å². The Morgan fingerprint density at radius 2 is 2.07 bits per heavy atom. The maximum atomic E-state index is 5.96. The molecular formula is C10H13BrClN3. The van der Waals surface area contributed by atoms with E-state index in [0.29, 0.717) is 9.63 Å². The van der Waals surface area contributed by atoms with E-state index >= 15 is 0 Å². The van der Waals surface area contributed by atoms with E-state index in [1.807, 2.05) is 6.07 Å². The number of hydrogen-bond donors (Lipinski definition) is 1. The number of hydrazine groups is 1. The summed E-state index contributed by atoms with van der Waals surface area (Å²) < 4.78 is 0.688.